The van der Waals surface area contributed by atoms with E-state index in [9.17, 15) is 0 Å². The van der Waals surface area contributed by atoms with Gasteiger partial charge >= 0.3 is 0 Å². The lowest BCUT2D eigenvalue weighted by Crippen LogP contribution is -2.04. The van der Waals surface area contributed by atoms with Crippen LogP contribution in [0.1, 0.15) is 0 Å². The molecule has 0 aliphatic heterocycles. The molecule has 0 unspecified atom stereocenters. The third-order valence-corrected chi connectivity index (χ3v) is 2.61. The Morgan fingerprint density at radius 2 is 2.00 bits per heavy atom. The zero-order chi connectivity index (χ0) is 12.3. The van der Waals surface area contributed by atoms with Crippen molar-refractivity contribution in [3.8, 4) is 5.75 Å². The minimum Gasteiger partial charge on any atom is -0.491 e. The number of nitrogens with zero attached hydrogens (tertiary/aromatic N) is 2. The predicted octanol–water partition coefficient (Wildman–Crippen LogP) is 2.96. The van der Waals surface area contributed by atoms with Crippen molar-refractivity contribution < 1.29 is 9.47 Å². The summed E-state index contributed by atoms with van der Waals surface area (Å²) in [6.45, 7) is 1.01. The van der Waals surface area contributed by atoms with Crippen molar-refractivity contribution in [2.75, 3.05) is 20.3 Å². The van der Waals surface area contributed by atoms with E-state index in [1.165, 1.54) is 0 Å². The molecule has 0 fully saturated rings. The normalized spacial score (nSPS) is 10.8. The first-order valence-corrected chi connectivity index (χ1v) is 5.71. The van der Waals surface area contributed by atoms with E-state index in [4.69, 9.17) is 32.7 Å². The van der Waals surface area contributed by atoms with Gasteiger partial charge in [0.05, 0.1) is 12.1 Å². The fourth-order valence-corrected chi connectivity index (χ4v) is 1.83. The third kappa shape index (κ3) is 2.97. The number of hydrogen-bond acceptors (Lipinski definition) is 4. The summed E-state index contributed by atoms with van der Waals surface area (Å²) < 4.78 is 10.4. The van der Waals surface area contributed by atoms with E-state index in [1.54, 1.807) is 25.3 Å². The highest BCUT2D eigenvalue weighted by Crippen LogP contribution is 2.26. The summed E-state index contributed by atoms with van der Waals surface area (Å²) in [5.41, 5.74) is 0.689. The van der Waals surface area contributed by atoms with Crippen LogP contribution in [0.4, 0.5) is 0 Å². The van der Waals surface area contributed by atoms with Crippen molar-refractivity contribution in [1.82, 2.24) is 9.97 Å². The molecule has 0 saturated heterocycles. The van der Waals surface area contributed by atoms with Crippen LogP contribution < -0.4 is 4.74 Å². The van der Waals surface area contributed by atoms with Crippen molar-refractivity contribution in [2.24, 2.45) is 0 Å². The maximum Gasteiger partial charge on any atom is 0.224 e. The number of ether oxygens (including phenoxy) is 2. The Morgan fingerprint density at radius 1 is 1.18 bits per heavy atom. The number of fused-ring (bicyclic) bond motifs is 1. The van der Waals surface area contributed by atoms with Gasteiger partial charge in [-0.3, -0.25) is 0 Å². The van der Waals surface area contributed by atoms with Gasteiger partial charge in [-0.15, -0.1) is 0 Å². The van der Waals surface area contributed by atoms with E-state index in [-0.39, 0.29) is 5.28 Å². The lowest BCUT2D eigenvalue weighted by Gasteiger charge is -2.07. The molecule has 0 radical (unpaired) electrons. The lowest BCUT2D eigenvalue weighted by atomic mass is 10.2. The van der Waals surface area contributed by atoms with Gasteiger partial charge in [0.2, 0.25) is 5.28 Å². The Hall–Kier alpha value is -1.10. The average Bonchev–Trinajstić information content (AvgIpc) is 2.30. The van der Waals surface area contributed by atoms with Crippen LogP contribution in [-0.2, 0) is 4.74 Å². The molecule has 0 atom stereocenters. The monoisotopic (exact) mass is 272 g/mol. The molecule has 1 aromatic heterocycles. The molecule has 0 N–H and O–H groups in total. The molecule has 0 spiro atoms. The molecular weight excluding hydrogens is 263 g/mol. The van der Waals surface area contributed by atoms with Gasteiger partial charge in [-0.1, -0.05) is 11.6 Å². The van der Waals surface area contributed by atoms with Crippen LogP contribution in [0.3, 0.4) is 0 Å². The van der Waals surface area contributed by atoms with E-state index in [0.29, 0.717) is 35.0 Å². The molecule has 90 valence electrons. The smallest absolute Gasteiger partial charge is 0.224 e. The summed E-state index contributed by atoms with van der Waals surface area (Å²) in [6, 6.07) is 5.37. The number of hydrogen-bond donors (Lipinski definition) is 0. The van der Waals surface area contributed by atoms with Gasteiger partial charge in [-0.05, 0) is 29.8 Å². The molecule has 2 rings (SSSR count). The van der Waals surface area contributed by atoms with Crippen LogP contribution in [0, 0.1) is 0 Å². The van der Waals surface area contributed by atoms with Crippen molar-refractivity contribution in [3.05, 3.63) is 28.6 Å². The Morgan fingerprint density at radius 3 is 2.76 bits per heavy atom. The standard InChI is InChI=1S/C11H10Cl2N2O2/c1-16-4-5-17-7-2-3-9-8(6-7)10(12)15-11(13)14-9/h2-3,6H,4-5H2,1H3. The minimum absolute atomic E-state index is 0.135. The third-order valence-electron chi connectivity index (χ3n) is 2.15. The van der Waals surface area contributed by atoms with E-state index in [1.807, 2.05) is 0 Å². The molecule has 2 aromatic rings. The summed E-state index contributed by atoms with van der Waals surface area (Å²) in [5.74, 6) is 0.697. The van der Waals surface area contributed by atoms with Gasteiger partial charge in [-0.2, -0.15) is 0 Å². The summed E-state index contributed by atoms with van der Waals surface area (Å²) in [4.78, 5) is 7.94. The first-order chi connectivity index (χ1) is 8.20. The zero-order valence-electron chi connectivity index (χ0n) is 9.11. The van der Waals surface area contributed by atoms with E-state index < -0.39 is 0 Å². The highest BCUT2D eigenvalue weighted by molar-refractivity contribution is 6.35. The highest BCUT2D eigenvalue weighted by Gasteiger charge is 2.06. The van der Waals surface area contributed by atoms with Gasteiger partial charge in [0.25, 0.3) is 0 Å². The summed E-state index contributed by atoms with van der Waals surface area (Å²) >= 11 is 11.7. The second-order valence-corrected chi connectivity index (χ2v) is 4.00. The first-order valence-electron chi connectivity index (χ1n) is 4.95. The van der Waals surface area contributed by atoms with Crippen LogP contribution in [0.5, 0.6) is 5.75 Å². The Kier molecular flexibility index (Phi) is 3.99. The van der Waals surface area contributed by atoms with E-state index in [0.717, 1.165) is 0 Å². The zero-order valence-corrected chi connectivity index (χ0v) is 10.6. The molecular formula is C11H10Cl2N2O2. The molecule has 0 aliphatic rings. The molecule has 0 aliphatic carbocycles. The first kappa shape index (κ1) is 12.4. The van der Waals surface area contributed by atoms with E-state index in [2.05, 4.69) is 9.97 Å². The number of methoxy groups -OCH3 is 1. The Labute approximate surface area is 108 Å². The minimum atomic E-state index is 0.135. The fourth-order valence-electron chi connectivity index (χ4n) is 1.38. The predicted molar refractivity (Wildman–Crippen MR) is 66.9 cm³/mol. The maximum atomic E-state index is 5.98. The molecule has 0 saturated carbocycles. The van der Waals surface area contributed by atoms with Crippen molar-refractivity contribution in [3.63, 3.8) is 0 Å². The molecule has 4 nitrogen and oxygen atoms in total. The maximum absolute atomic E-state index is 5.98. The Balaban J connectivity index is 2.30. The van der Waals surface area contributed by atoms with Crippen LogP contribution in [0.2, 0.25) is 10.4 Å². The Bertz CT molecular complexity index is 534. The second kappa shape index (κ2) is 5.49. The van der Waals surface area contributed by atoms with Gasteiger partial charge in [0.15, 0.2) is 0 Å². The van der Waals surface area contributed by atoms with E-state index >= 15 is 0 Å². The number of aromatic nitrogens is 2. The van der Waals surface area contributed by atoms with Crippen LogP contribution in [0.25, 0.3) is 10.9 Å². The average molecular weight is 273 g/mol. The quantitative estimate of drug-likeness (QED) is 0.488. The molecule has 1 aromatic carbocycles. The summed E-state index contributed by atoms with van der Waals surface area (Å²) in [7, 11) is 1.62. The molecule has 0 amide bonds. The molecule has 6 heteroatoms. The number of benzene rings is 1. The largest absolute Gasteiger partial charge is 0.491 e. The van der Waals surface area contributed by atoms with Gasteiger partial charge in [0, 0.05) is 12.5 Å². The molecule has 1 heterocycles. The lowest BCUT2D eigenvalue weighted by molar-refractivity contribution is 0.146. The fraction of sp³-hybridized carbons (Fsp3) is 0.273. The van der Waals surface area contributed by atoms with Crippen molar-refractivity contribution in [2.45, 2.75) is 0 Å². The van der Waals surface area contributed by atoms with Gasteiger partial charge in [0.1, 0.15) is 17.5 Å². The number of rotatable bonds is 4. The van der Waals surface area contributed by atoms with Crippen molar-refractivity contribution >= 4 is 34.1 Å². The summed E-state index contributed by atoms with van der Waals surface area (Å²) in [6.07, 6.45) is 0. The van der Waals surface area contributed by atoms with Gasteiger partial charge in [-0.25, -0.2) is 9.97 Å². The summed E-state index contributed by atoms with van der Waals surface area (Å²) in [5, 5.41) is 1.17. The topological polar surface area (TPSA) is 44.2 Å². The molecule has 17 heavy (non-hydrogen) atoms. The van der Waals surface area contributed by atoms with Crippen molar-refractivity contribution in [1.29, 1.82) is 0 Å². The highest BCUT2D eigenvalue weighted by atomic mass is 35.5. The number of halogens is 2. The van der Waals surface area contributed by atoms with Crippen LogP contribution >= 0.6 is 23.2 Å². The molecule has 0 bridgehead atoms. The van der Waals surface area contributed by atoms with Crippen LogP contribution in [0.15, 0.2) is 18.2 Å². The SMILES string of the molecule is COCCOc1ccc2nc(Cl)nc(Cl)c2c1. The van der Waals surface area contributed by atoms with Crippen LogP contribution in [-0.4, -0.2) is 30.3 Å². The second-order valence-electron chi connectivity index (χ2n) is 3.30. The van der Waals surface area contributed by atoms with Gasteiger partial charge < -0.3 is 9.47 Å².